The van der Waals surface area contributed by atoms with Gasteiger partial charge in [-0.15, -0.1) is 0 Å². The Morgan fingerprint density at radius 3 is 1.79 bits per heavy atom. The van der Waals surface area contributed by atoms with Crippen molar-refractivity contribution in [3.63, 3.8) is 0 Å². The van der Waals surface area contributed by atoms with Crippen LogP contribution < -0.4 is 0 Å². The van der Waals surface area contributed by atoms with Gasteiger partial charge in [0.15, 0.2) is 0 Å². The number of hydrogen-bond acceptors (Lipinski definition) is 0. The van der Waals surface area contributed by atoms with E-state index in [0.29, 0.717) is 11.8 Å². The molecule has 0 aromatic heterocycles. The monoisotopic (exact) mass is 384 g/mol. The molecule has 0 heterocycles. The predicted octanol–water partition coefficient (Wildman–Crippen LogP) is 7.15. The Kier molecular flexibility index (Phi) is 8.40. The van der Waals surface area contributed by atoms with Gasteiger partial charge in [0, 0.05) is 59.1 Å². The van der Waals surface area contributed by atoms with Crippen LogP contribution in [0.25, 0.3) is 32.7 Å². The van der Waals surface area contributed by atoms with Crippen molar-refractivity contribution < 1.29 is 0 Å². The van der Waals surface area contributed by atoms with Crippen molar-refractivity contribution in [1.82, 2.24) is 0 Å². The molecule has 132 valence electrons. The van der Waals surface area contributed by atoms with Crippen LogP contribution in [0.15, 0.2) is 72.8 Å². The molecule has 0 amide bonds. The van der Waals surface area contributed by atoms with Crippen molar-refractivity contribution in [3.8, 4) is 11.1 Å². The van der Waals surface area contributed by atoms with E-state index in [1.807, 2.05) is 0 Å². The second-order valence-corrected chi connectivity index (χ2v) is 7.81. The summed E-state index contributed by atoms with van der Waals surface area (Å²) in [6.45, 7) is 9.26. The minimum absolute atomic E-state index is 0. The van der Waals surface area contributed by atoms with E-state index in [0.717, 1.165) is 0 Å². The first-order valence-corrected chi connectivity index (χ1v) is 9.61. The van der Waals surface area contributed by atoms with Gasteiger partial charge >= 0.3 is 0 Å². The van der Waals surface area contributed by atoms with Crippen LogP contribution in [0, 0.1) is 0 Å². The van der Waals surface area contributed by atoms with Crippen molar-refractivity contribution in [3.05, 3.63) is 83.9 Å². The molecular weight excluding hydrogens is 358 g/mol. The SMILES string of the molecule is CC(C)c1cc2ccccc2c(-c2cccc3ccccc23)c1C(C)C.[Na].[Na]. The topological polar surface area (TPSA) is 0 Å². The summed E-state index contributed by atoms with van der Waals surface area (Å²) in [5.74, 6) is 0.983. The van der Waals surface area contributed by atoms with Crippen LogP contribution in [0.4, 0.5) is 0 Å². The van der Waals surface area contributed by atoms with Crippen molar-refractivity contribution in [1.29, 1.82) is 0 Å². The van der Waals surface area contributed by atoms with Crippen LogP contribution in [0.3, 0.4) is 0 Å². The number of benzene rings is 4. The number of rotatable bonds is 3. The fourth-order valence-electron chi connectivity index (χ4n) is 4.22. The second kappa shape index (κ2) is 9.94. The van der Waals surface area contributed by atoms with E-state index in [1.165, 1.54) is 43.8 Å². The summed E-state index contributed by atoms with van der Waals surface area (Å²) in [4.78, 5) is 0. The van der Waals surface area contributed by atoms with Crippen LogP contribution in [0.2, 0.25) is 0 Å². The largest absolute Gasteiger partial charge is 0.0616 e. The Morgan fingerprint density at radius 2 is 1.14 bits per heavy atom. The molecule has 0 unspecified atom stereocenters. The van der Waals surface area contributed by atoms with Gasteiger partial charge in [-0.05, 0) is 55.6 Å². The molecule has 0 atom stereocenters. The summed E-state index contributed by atoms with van der Waals surface area (Å²) in [5.41, 5.74) is 5.74. The molecule has 4 aromatic rings. The zero-order valence-electron chi connectivity index (χ0n) is 18.1. The third-order valence-corrected chi connectivity index (χ3v) is 5.38. The Balaban J connectivity index is 0.00000140. The maximum absolute atomic E-state index is 2.41. The predicted molar refractivity (Wildman–Crippen MR) is 127 cm³/mol. The average Bonchev–Trinajstić information content (AvgIpc) is 2.65. The molecular formula is C26H26Na2. The summed E-state index contributed by atoms with van der Waals surface area (Å²) < 4.78 is 0. The van der Waals surface area contributed by atoms with Crippen LogP contribution in [0.5, 0.6) is 0 Å². The normalized spacial score (nSPS) is 10.9. The fraction of sp³-hybridized carbons (Fsp3) is 0.231. The second-order valence-electron chi connectivity index (χ2n) is 7.81. The van der Waals surface area contributed by atoms with E-state index >= 15 is 0 Å². The van der Waals surface area contributed by atoms with Crippen LogP contribution in [0.1, 0.15) is 50.7 Å². The summed E-state index contributed by atoms with van der Waals surface area (Å²) in [6.07, 6.45) is 0. The van der Waals surface area contributed by atoms with Crippen molar-refractivity contribution >= 4 is 80.7 Å². The van der Waals surface area contributed by atoms with Gasteiger partial charge in [-0.25, -0.2) is 0 Å². The van der Waals surface area contributed by atoms with Crippen molar-refractivity contribution in [2.24, 2.45) is 0 Å². The molecule has 0 N–H and O–H groups in total. The molecule has 0 spiro atoms. The molecule has 0 aliphatic rings. The van der Waals surface area contributed by atoms with Crippen molar-refractivity contribution in [2.75, 3.05) is 0 Å². The molecule has 0 saturated carbocycles. The molecule has 2 heteroatoms. The van der Waals surface area contributed by atoms with E-state index in [4.69, 9.17) is 0 Å². The summed E-state index contributed by atoms with van der Waals surface area (Å²) in [7, 11) is 0. The Morgan fingerprint density at radius 1 is 0.571 bits per heavy atom. The Labute approximate surface area is 213 Å². The van der Waals surface area contributed by atoms with Gasteiger partial charge in [0.25, 0.3) is 0 Å². The number of fused-ring (bicyclic) bond motifs is 2. The van der Waals surface area contributed by atoms with Gasteiger partial charge in [-0.3, -0.25) is 0 Å². The Hall–Kier alpha value is -0.600. The summed E-state index contributed by atoms with van der Waals surface area (Å²) in [6, 6.07) is 26.7. The minimum atomic E-state index is 0. The first-order chi connectivity index (χ1) is 12.6. The van der Waals surface area contributed by atoms with E-state index in [1.54, 1.807) is 0 Å². The zero-order chi connectivity index (χ0) is 18.3. The Bertz CT molecular complexity index is 1090. The van der Waals surface area contributed by atoms with Crippen LogP contribution >= 0.6 is 0 Å². The molecule has 0 fully saturated rings. The smallest absolute Gasteiger partial charge is 0 e. The molecule has 0 saturated heterocycles. The first kappa shape index (κ1) is 23.7. The molecule has 28 heavy (non-hydrogen) atoms. The molecule has 4 aromatic carbocycles. The van der Waals surface area contributed by atoms with E-state index in [9.17, 15) is 0 Å². The van der Waals surface area contributed by atoms with Crippen LogP contribution in [-0.4, -0.2) is 59.1 Å². The van der Waals surface area contributed by atoms with Crippen molar-refractivity contribution in [2.45, 2.75) is 39.5 Å². The van der Waals surface area contributed by atoms with Gasteiger partial charge in [0.2, 0.25) is 0 Å². The molecule has 0 nitrogen and oxygen atoms in total. The maximum atomic E-state index is 2.41. The maximum Gasteiger partial charge on any atom is 0 e. The third kappa shape index (κ3) is 4.29. The molecule has 0 aliphatic heterocycles. The number of hydrogen-bond donors (Lipinski definition) is 0. The standard InChI is InChI=1S/C26H26.2Na/c1-17(2)24-16-20-11-6-8-14-22(20)26(25(24)18(3)4)23-15-9-12-19-10-5-7-13-21(19)23;;/h5-18H,1-4H3;;. The first-order valence-electron chi connectivity index (χ1n) is 9.61. The summed E-state index contributed by atoms with van der Waals surface area (Å²) >= 11 is 0. The van der Waals surface area contributed by atoms with Gasteiger partial charge < -0.3 is 0 Å². The summed E-state index contributed by atoms with van der Waals surface area (Å²) in [5, 5.41) is 5.34. The van der Waals surface area contributed by atoms with Gasteiger partial charge in [-0.2, -0.15) is 0 Å². The minimum Gasteiger partial charge on any atom is -0.0616 e. The van der Waals surface area contributed by atoms with Crippen LogP contribution in [-0.2, 0) is 0 Å². The molecule has 0 bridgehead atoms. The third-order valence-electron chi connectivity index (χ3n) is 5.38. The molecule has 2 radical (unpaired) electrons. The van der Waals surface area contributed by atoms with Gasteiger partial charge in [0.1, 0.15) is 0 Å². The molecule has 0 aliphatic carbocycles. The van der Waals surface area contributed by atoms with E-state index in [2.05, 4.69) is 100 Å². The van der Waals surface area contributed by atoms with Gasteiger partial charge in [0.05, 0.1) is 0 Å². The zero-order valence-corrected chi connectivity index (χ0v) is 22.1. The average molecular weight is 384 g/mol. The van der Waals surface area contributed by atoms with E-state index < -0.39 is 0 Å². The molecule has 4 rings (SSSR count). The quantitative estimate of drug-likeness (QED) is 0.329. The van der Waals surface area contributed by atoms with E-state index in [-0.39, 0.29) is 59.1 Å². The van der Waals surface area contributed by atoms with Gasteiger partial charge in [-0.1, -0.05) is 100 Å². The fourth-order valence-corrected chi connectivity index (χ4v) is 4.22.